The largest absolute Gasteiger partial charge is 0.491 e. The minimum atomic E-state index is -0.683. The average Bonchev–Trinajstić information content (AvgIpc) is 2.61. The molecule has 1 amide bonds. The van der Waals surface area contributed by atoms with E-state index in [1.54, 1.807) is 31.4 Å². The molecule has 0 aromatic heterocycles. The Balaban J connectivity index is 2.27. The number of ether oxygens (including phenoxy) is 3. The molecule has 0 saturated heterocycles. The van der Waals surface area contributed by atoms with Crippen molar-refractivity contribution in [3.63, 3.8) is 0 Å². The molecule has 0 atom stereocenters. The van der Waals surface area contributed by atoms with E-state index in [1.807, 2.05) is 0 Å². The van der Waals surface area contributed by atoms with Crippen molar-refractivity contribution in [3.05, 3.63) is 59.9 Å². The molecule has 0 fully saturated rings. The third-order valence-electron chi connectivity index (χ3n) is 3.09. The van der Waals surface area contributed by atoms with Gasteiger partial charge in [-0.1, -0.05) is 6.07 Å². The van der Waals surface area contributed by atoms with Gasteiger partial charge in [-0.2, -0.15) is 0 Å². The highest BCUT2D eigenvalue weighted by molar-refractivity contribution is 5.91. The molecule has 2 aromatic rings. The van der Waals surface area contributed by atoms with Crippen LogP contribution in [0.25, 0.3) is 6.08 Å². The lowest BCUT2D eigenvalue weighted by Gasteiger charge is -2.12. The van der Waals surface area contributed by atoms with Crippen LogP contribution in [-0.2, 0) is 9.53 Å². The summed E-state index contributed by atoms with van der Waals surface area (Å²) >= 11 is 0. The van der Waals surface area contributed by atoms with E-state index in [4.69, 9.17) is 19.4 Å². The van der Waals surface area contributed by atoms with Gasteiger partial charge in [0.15, 0.2) is 0 Å². The van der Waals surface area contributed by atoms with Crippen molar-refractivity contribution in [2.75, 3.05) is 20.3 Å². The Morgan fingerprint density at radius 3 is 2.76 bits per heavy atom. The highest BCUT2D eigenvalue weighted by Gasteiger charge is 2.07. The Morgan fingerprint density at radius 1 is 1.20 bits per heavy atom. The van der Waals surface area contributed by atoms with Crippen LogP contribution in [0, 0.1) is 5.82 Å². The maximum absolute atomic E-state index is 13.3. The van der Waals surface area contributed by atoms with Crippen LogP contribution < -0.4 is 15.0 Å². The highest BCUT2D eigenvalue weighted by atomic mass is 19.1. The molecule has 25 heavy (non-hydrogen) atoms. The summed E-state index contributed by atoms with van der Waals surface area (Å²) in [6.45, 7) is 0.788. The number of carbonyl (C=O) groups is 1. The monoisotopic (exact) mass is 347 g/mol. The highest BCUT2D eigenvalue weighted by Crippen LogP contribution is 2.30. The van der Waals surface area contributed by atoms with Gasteiger partial charge in [0, 0.05) is 30.9 Å². The van der Waals surface area contributed by atoms with Gasteiger partial charge in [-0.05, 0) is 30.3 Å². The summed E-state index contributed by atoms with van der Waals surface area (Å²) in [6, 6.07) is 10.7. The van der Waals surface area contributed by atoms with E-state index in [0.29, 0.717) is 36.0 Å². The molecule has 0 heterocycles. The number of halogens is 1. The zero-order valence-electron chi connectivity index (χ0n) is 13.6. The van der Waals surface area contributed by atoms with Gasteiger partial charge in [0.2, 0.25) is 0 Å². The predicted octanol–water partition coefficient (Wildman–Crippen LogP) is 3.16. The molecule has 0 aliphatic carbocycles. The van der Waals surface area contributed by atoms with Crippen molar-refractivity contribution in [3.8, 4) is 17.2 Å². The van der Waals surface area contributed by atoms with Crippen LogP contribution in [-0.4, -0.2) is 31.4 Å². The molecule has 0 saturated carbocycles. The topological polar surface area (TPSA) is 77.0 Å². The van der Waals surface area contributed by atoms with Gasteiger partial charge in [0.1, 0.15) is 29.7 Å². The Bertz CT molecular complexity index is 748. The van der Waals surface area contributed by atoms with E-state index in [2.05, 4.69) is 0 Å². The van der Waals surface area contributed by atoms with Crippen molar-refractivity contribution in [1.29, 1.82) is 0 Å². The maximum Gasteiger partial charge on any atom is 0.267 e. The second-order valence-corrected chi connectivity index (χ2v) is 4.91. The second-order valence-electron chi connectivity index (χ2n) is 4.91. The summed E-state index contributed by atoms with van der Waals surface area (Å²) in [5, 5.41) is 8.56. The van der Waals surface area contributed by atoms with Gasteiger partial charge in [-0.3, -0.25) is 10.0 Å². The lowest BCUT2D eigenvalue weighted by Crippen LogP contribution is -2.14. The fourth-order valence-electron chi connectivity index (χ4n) is 1.93. The van der Waals surface area contributed by atoms with Gasteiger partial charge >= 0.3 is 0 Å². The molecule has 2 aromatic carbocycles. The normalized spacial score (nSPS) is 10.7. The standard InChI is InChI=1S/C18H18FNO5/c1-23-9-10-24-15-7-5-13(6-8-18(21)20-22)17(12-15)25-16-4-2-3-14(19)11-16/h2-8,11-12,22H,9-10H2,1H3,(H,20,21)/b8-6+. The molecule has 0 unspecified atom stereocenters. The van der Waals surface area contributed by atoms with Crippen LogP contribution in [0.15, 0.2) is 48.5 Å². The molecule has 2 rings (SSSR count). The number of methoxy groups -OCH3 is 1. The van der Waals surface area contributed by atoms with Crippen LogP contribution in [0.5, 0.6) is 17.2 Å². The third kappa shape index (κ3) is 5.91. The summed E-state index contributed by atoms with van der Waals surface area (Å²) in [5.41, 5.74) is 2.05. The van der Waals surface area contributed by atoms with Crippen LogP contribution in [0.4, 0.5) is 4.39 Å². The van der Waals surface area contributed by atoms with Crippen molar-refractivity contribution >= 4 is 12.0 Å². The lowest BCUT2D eigenvalue weighted by atomic mass is 10.1. The number of nitrogens with one attached hydrogen (secondary N) is 1. The Kier molecular flexibility index (Phi) is 6.94. The molecule has 0 bridgehead atoms. The zero-order valence-corrected chi connectivity index (χ0v) is 13.6. The van der Waals surface area contributed by atoms with E-state index in [1.165, 1.54) is 29.8 Å². The van der Waals surface area contributed by atoms with Gasteiger partial charge in [0.25, 0.3) is 5.91 Å². The number of hydroxylamine groups is 1. The number of benzene rings is 2. The third-order valence-corrected chi connectivity index (χ3v) is 3.09. The minimum Gasteiger partial charge on any atom is -0.491 e. The fourth-order valence-corrected chi connectivity index (χ4v) is 1.93. The van der Waals surface area contributed by atoms with Crippen LogP contribution in [0.3, 0.4) is 0 Å². The van der Waals surface area contributed by atoms with Crippen molar-refractivity contribution in [2.24, 2.45) is 0 Å². The van der Waals surface area contributed by atoms with Crippen LogP contribution in [0.1, 0.15) is 5.56 Å². The molecule has 7 heteroatoms. The van der Waals surface area contributed by atoms with E-state index in [-0.39, 0.29) is 0 Å². The number of hydrogen-bond donors (Lipinski definition) is 2. The van der Waals surface area contributed by atoms with Crippen LogP contribution >= 0.6 is 0 Å². The van der Waals surface area contributed by atoms with Crippen LogP contribution in [0.2, 0.25) is 0 Å². The fraction of sp³-hybridized carbons (Fsp3) is 0.167. The minimum absolute atomic E-state index is 0.301. The summed E-state index contributed by atoms with van der Waals surface area (Å²) in [6.07, 6.45) is 2.60. The molecule has 132 valence electrons. The van der Waals surface area contributed by atoms with E-state index >= 15 is 0 Å². The van der Waals surface area contributed by atoms with E-state index < -0.39 is 11.7 Å². The van der Waals surface area contributed by atoms with Gasteiger partial charge in [-0.15, -0.1) is 0 Å². The maximum atomic E-state index is 13.3. The SMILES string of the molecule is COCCOc1ccc(/C=C/C(=O)NO)c(Oc2cccc(F)c2)c1. The smallest absolute Gasteiger partial charge is 0.267 e. The lowest BCUT2D eigenvalue weighted by molar-refractivity contribution is -0.124. The molecule has 2 N–H and O–H groups in total. The number of rotatable bonds is 8. The van der Waals surface area contributed by atoms with Gasteiger partial charge < -0.3 is 14.2 Å². The number of hydrogen-bond acceptors (Lipinski definition) is 5. The quantitative estimate of drug-likeness (QED) is 0.332. The first-order chi connectivity index (χ1) is 12.1. The average molecular weight is 347 g/mol. The Hall–Kier alpha value is -2.90. The van der Waals surface area contributed by atoms with Crippen molar-refractivity contribution in [2.45, 2.75) is 0 Å². The second kappa shape index (κ2) is 9.41. The van der Waals surface area contributed by atoms with Gasteiger partial charge in [-0.25, -0.2) is 9.87 Å². The van der Waals surface area contributed by atoms with Crippen molar-refractivity contribution in [1.82, 2.24) is 5.48 Å². The number of carbonyl (C=O) groups excluding carboxylic acids is 1. The summed E-state index contributed by atoms with van der Waals surface area (Å²) in [4.78, 5) is 11.2. The molecular formula is C18H18FNO5. The number of amides is 1. The van der Waals surface area contributed by atoms with Gasteiger partial charge in [0.05, 0.1) is 6.61 Å². The first kappa shape index (κ1) is 18.4. The van der Waals surface area contributed by atoms with E-state index in [9.17, 15) is 9.18 Å². The molecule has 0 spiro atoms. The summed E-state index contributed by atoms with van der Waals surface area (Å²) in [7, 11) is 1.57. The zero-order chi connectivity index (χ0) is 18.1. The molecule has 6 nitrogen and oxygen atoms in total. The molecule has 0 aliphatic rings. The van der Waals surface area contributed by atoms with Crippen molar-refractivity contribution < 1.29 is 28.6 Å². The first-order valence-corrected chi connectivity index (χ1v) is 7.43. The summed E-state index contributed by atoms with van der Waals surface area (Å²) < 4.78 is 29.5. The molecular weight excluding hydrogens is 329 g/mol. The van der Waals surface area contributed by atoms with E-state index in [0.717, 1.165) is 6.08 Å². The first-order valence-electron chi connectivity index (χ1n) is 7.43. The summed E-state index contributed by atoms with van der Waals surface area (Å²) in [5.74, 6) is 0.0869. The Labute approximate surface area is 144 Å². The Morgan fingerprint density at radius 2 is 2.04 bits per heavy atom. The predicted molar refractivity (Wildman–Crippen MR) is 89.3 cm³/mol. The molecule has 0 radical (unpaired) electrons. The molecule has 0 aliphatic heterocycles.